The summed E-state index contributed by atoms with van der Waals surface area (Å²) in [4.78, 5) is 25.1. The highest BCUT2D eigenvalue weighted by Gasteiger charge is 2.33. The molecule has 5 nitrogen and oxygen atoms in total. The number of rotatable bonds is 4. The minimum atomic E-state index is -0.370. The lowest BCUT2D eigenvalue weighted by molar-refractivity contribution is -0.142. The fraction of sp³-hybridized carbons (Fsp3) is 0.357. The van der Waals surface area contributed by atoms with Crippen LogP contribution in [0.15, 0.2) is 21.5 Å². The minimum absolute atomic E-state index is 0.0273. The number of hydrogen-bond acceptors (Lipinski definition) is 6. The van der Waals surface area contributed by atoms with Crippen LogP contribution in [0.5, 0.6) is 0 Å². The lowest BCUT2D eigenvalue weighted by atomic mass is 10.3. The van der Waals surface area contributed by atoms with Crippen molar-refractivity contribution >= 4 is 46.3 Å². The van der Waals surface area contributed by atoms with Gasteiger partial charge in [0.25, 0.3) is 5.91 Å². The monoisotopic (exact) mass is 325 g/mol. The summed E-state index contributed by atoms with van der Waals surface area (Å²) >= 11 is 6.46. The van der Waals surface area contributed by atoms with Crippen LogP contribution in [-0.2, 0) is 20.9 Å². The van der Waals surface area contributed by atoms with Gasteiger partial charge in [0.1, 0.15) is 22.4 Å². The molecule has 112 valence electrons. The van der Waals surface area contributed by atoms with E-state index in [9.17, 15) is 9.59 Å². The van der Waals surface area contributed by atoms with Crippen LogP contribution in [-0.4, -0.2) is 27.1 Å². The Bertz CT molecular complexity index is 618. The Kier molecular flexibility index (Phi) is 4.84. The molecule has 21 heavy (non-hydrogen) atoms. The van der Waals surface area contributed by atoms with Gasteiger partial charge in [-0.05, 0) is 26.0 Å². The first-order valence-corrected chi connectivity index (χ1v) is 7.60. The van der Waals surface area contributed by atoms with Crippen molar-refractivity contribution in [2.45, 2.75) is 33.4 Å². The van der Waals surface area contributed by atoms with Crippen LogP contribution in [0.1, 0.15) is 32.3 Å². The van der Waals surface area contributed by atoms with Gasteiger partial charge in [0, 0.05) is 19.0 Å². The van der Waals surface area contributed by atoms with E-state index in [1.54, 1.807) is 23.1 Å². The fourth-order valence-corrected chi connectivity index (χ4v) is 3.28. The second-order valence-corrected chi connectivity index (χ2v) is 6.41. The van der Waals surface area contributed by atoms with Crippen LogP contribution >= 0.6 is 24.0 Å². The molecule has 0 radical (unpaired) electrons. The summed E-state index contributed by atoms with van der Waals surface area (Å²) < 4.78 is 10.9. The van der Waals surface area contributed by atoms with Crippen molar-refractivity contribution in [1.82, 2.24) is 4.90 Å². The third-order valence-corrected chi connectivity index (χ3v) is 4.04. The Balaban J connectivity index is 2.12. The van der Waals surface area contributed by atoms with Crippen molar-refractivity contribution in [2.24, 2.45) is 0 Å². The number of carbonyl (C=O) groups excluding carboxylic acids is 2. The molecule has 1 fully saturated rings. The smallest absolute Gasteiger partial charge is 0.303 e. The molecule has 0 aromatic carbocycles. The van der Waals surface area contributed by atoms with E-state index in [2.05, 4.69) is 0 Å². The normalized spacial score (nSPS) is 17.1. The first-order chi connectivity index (χ1) is 9.88. The van der Waals surface area contributed by atoms with Crippen molar-refractivity contribution in [3.8, 4) is 0 Å². The van der Waals surface area contributed by atoms with Gasteiger partial charge in [0.15, 0.2) is 0 Å². The molecule has 7 heteroatoms. The summed E-state index contributed by atoms with van der Waals surface area (Å²) in [5, 5.41) is 0. The Morgan fingerprint density at radius 2 is 2.24 bits per heavy atom. The lowest BCUT2D eigenvalue weighted by Crippen LogP contribution is -2.34. The van der Waals surface area contributed by atoms with E-state index in [0.29, 0.717) is 20.7 Å². The van der Waals surface area contributed by atoms with Crippen LogP contribution < -0.4 is 0 Å². The quantitative estimate of drug-likeness (QED) is 0.482. The Morgan fingerprint density at radius 3 is 2.81 bits per heavy atom. The molecule has 0 saturated carbocycles. The molecular formula is C14H15NO4S2. The third kappa shape index (κ3) is 3.74. The highest BCUT2D eigenvalue weighted by molar-refractivity contribution is 8.26. The minimum Gasteiger partial charge on any atom is -0.458 e. The lowest BCUT2D eigenvalue weighted by Gasteiger charge is -2.18. The van der Waals surface area contributed by atoms with Crippen molar-refractivity contribution in [1.29, 1.82) is 0 Å². The van der Waals surface area contributed by atoms with E-state index in [4.69, 9.17) is 21.4 Å². The zero-order valence-corrected chi connectivity index (χ0v) is 13.5. The van der Waals surface area contributed by atoms with Gasteiger partial charge in [-0.3, -0.25) is 14.5 Å². The Labute approximate surface area is 132 Å². The molecule has 0 spiro atoms. The van der Waals surface area contributed by atoms with E-state index in [1.807, 2.05) is 13.8 Å². The average Bonchev–Trinajstić information content (AvgIpc) is 2.93. The molecule has 2 heterocycles. The molecule has 0 N–H and O–H groups in total. The topological polar surface area (TPSA) is 59.8 Å². The molecule has 0 aliphatic carbocycles. The number of amides is 1. The second-order valence-electron chi connectivity index (χ2n) is 4.73. The number of carbonyl (C=O) groups is 2. The number of hydrogen-bond donors (Lipinski definition) is 0. The zero-order chi connectivity index (χ0) is 15.6. The van der Waals surface area contributed by atoms with E-state index in [0.717, 1.165) is 0 Å². The van der Waals surface area contributed by atoms with Gasteiger partial charge < -0.3 is 9.15 Å². The summed E-state index contributed by atoms with van der Waals surface area (Å²) in [6.45, 7) is 5.24. The van der Waals surface area contributed by atoms with Crippen LogP contribution in [0.2, 0.25) is 0 Å². The van der Waals surface area contributed by atoms with Crippen molar-refractivity contribution < 1.29 is 18.7 Å². The summed E-state index contributed by atoms with van der Waals surface area (Å²) in [7, 11) is 0. The maximum absolute atomic E-state index is 12.2. The van der Waals surface area contributed by atoms with Crippen molar-refractivity contribution in [3.63, 3.8) is 0 Å². The first-order valence-electron chi connectivity index (χ1n) is 6.37. The number of furan rings is 1. The molecule has 2 rings (SSSR count). The molecule has 0 atom stereocenters. The molecule has 1 aromatic heterocycles. The molecule has 1 aromatic rings. The second kappa shape index (κ2) is 6.44. The van der Waals surface area contributed by atoms with Gasteiger partial charge in [-0.25, -0.2) is 0 Å². The van der Waals surface area contributed by atoms with Crippen LogP contribution in [0.25, 0.3) is 6.08 Å². The molecule has 1 amide bonds. The van der Waals surface area contributed by atoms with Gasteiger partial charge in [-0.2, -0.15) is 0 Å². The summed E-state index contributed by atoms with van der Waals surface area (Å²) in [5.74, 6) is 0.570. The molecule has 1 saturated heterocycles. The van der Waals surface area contributed by atoms with Gasteiger partial charge in [0.05, 0.1) is 4.91 Å². The first kappa shape index (κ1) is 15.8. The van der Waals surface area contributed by atoms with Gasteiger partial charge in [-0.15, -0.1) is 0 Å². The predicted molar refractivity (Wildman–Crippen MR) is 84.3 cm³/mol. The van der Waals surface area contributed by atoms with E-state index in [1.165, 1.54) is 18.7 Å². The number of esters is 1. The van der Waals surface area contributed by atoms with E-state index >= 15 is 0 Å². The van der Waals surface area contributed by atoms with Crippen molar-refractivity contribution in [2.75, 3.05) is 0 Å². The van der Waals surface area contributed by atoms with Crippen molar-refractivity contribution in [3.05, 3.63) is 28.6 Å². The molecule has 1 aliphatic heterocycles. The highest BCUT2D eigenvalue weighted by atomic mass is 32.2. The number of thiocarbonyl (C=S) groups is 1. The van der Waals surface area contributed by atoms with E-state index < -0.39 is 0 Å². The average molecular weight is 325 g/mol. The summed E-state index contributed by atoms with van der Waals surface area (Å²) in [6.07, 6.45) is 1.65. The molecular weight excluding hydrogens is 310 g/mol. The number of nitrogens with zero attached hydrogens (tertiary/aromatic N) is 1. The summed E-state index contributed by atoms with van der Waals surface area (Å²) in [5.41, 5.74) is 0. The van der Waals surface area contributed by atoms with Gasteiger partial charge in [-0.1, -0.05) is 24.0 Å². The van der Waals surface area contributed by atoms with Gasteiger partial charge >= 0.3 is 5.97 Å². The van der Waals surface area contributed by atoms with Gasteiger partial charge in [0.2, 0.25) is 0 Å². The van der Waals surface area contributed by atoms with E-state index in [-0.39, 0.29) is 24.5 Å². The zero-order valence-electron chi connectivity index (χ0n) is 11.9. The molecule has 0 unspecified atom stereocenters. The largest absolute Gasteiger partial charge is 0.458 e. The fourth-order valence-electron chi connectivity index (χ4n) is 1.78. The molecule has 1 aliphatic rings. The van der Waals surface area contributed by atoms with Crippen LogP contribution in [0.3, 0.4) is 0 Å². The molecule has 0 bridgehead atoms. The Morgan fingerprint density at radius 1 is 1.52 bits per heavy atom. The SMILES string of the molecule is CC(=O)OCc1ccc(C=C2SC(=S)N(C(C)C)C2=O)o1. The maximum atomic E-state index is 12.2. The van der Waals surface area contributed by atoms with Crippen LogP contribution in [0.4, 0.5) is 0 Å². The third-order valence-electron chi connectivity index (χ3n) is 2.71. The maximum Gasteiger partial charge on any atom is 0.303 e. The van der Waals surface area contributed by atoms with Crippen LogP contribution in [0, 0.1) is 0 Å². The highest BCUT2D eigenvalue weighted by Crippen LogP contribution is 2.34. The number of thioether (sulfide) groups is 1. The summed E-state index contributed by atoms with van der Waals surface area (Å²) in [6, 6.07) is 3.46. The Hall–Kier alpha value is -1.60. The standard InChI is InChI=1S/C14H15NO4S2/c1-8(2)15-13(17)12(21-14(15)20)6-10-4-5-11(19-10)7-18-9(3)16/h4-6,8H,7H2,1-3H3. The number of ether oxygens (including phenoxy) is 1. The predicted octanol–water partition coefficient (Wildman–Crippen LogP) is 2.95.